The predicted octanol–water partition coefficient (Wildman–Crippen LogP) is 2.76. The van der Waals surface area contributed by atoms with Crippen LogP contribution in [0.3, 0.4) is 0 Å². The van der Waals surface area contributed by atoms with E-state index in [1.807, 2.05) is 0 Å². The van der Waals surface area contributed by atoms with Crippen LogP contribution in [0.1, 0.15) is 79.1 Å². The van der Waals surface area contributed by atoms with Crippen LogP contribution in [0.4, 0.5) is 0 Å². The van der Waals surface area contributed by atoms with Crippen molar-refractivity contribution in [2.24, 2.45) is 11.8 Å². The molecule has 0 aromatic heterocycles. The van der Waals surface area contributed by atoms with Gasteiger partial charge in [0.2, 0.25) is 0 Å². The molecule has 22 heavy (non-hydrogen) atoms. The number of hydrogen-bond acceptors (Lipinski definition) is 4. The van der Waals surface area contributed by atoms with E-state index in [4.69, 9.17) is 16.3 Å². The molecule has 0 saturated carbocycles. The van der Waals surface area contributed by atoms with Crippen LogP contribution in [-0.2, 0) is 16.3 Å². The number of hydrogen-bond donors (Lipinski definition) is 0. The van der Waals surface area contributed by atoms with Crippen molar-refractivity contribution in [2.75, 3.05) is 12.4 Å². The van der Waals surface area contributed by atoms with E-state index in [1.165, 1.54) is 43.5 Å². The zero-order valence-corrected chi connectivity index (χ0v) is 21.0. The Hall–Kier alpha value is 2.56. The Bertz CT molecular complexity index is 269. The summed E-state index contributed by atoms with van der Waals surface area (Å²) in [4.78, 5) is 12.4. The molecule has 3 atom stereocenters. The van der Waals surface area contributed by atoms with E-state index < -0.39 is 5.69 Å². The van der Waals surface area contributed by atoms with Gasteiger partial charge in [-0.2, -0.15) is 0 Å². The van der Waals surface area contributed by atoms with Gasteiger partial charge in [0.15, 0.2) is 0 Å². The van der Waals surface area contributed by atoms with Crippen molar-refractivity contribution < 1.29 is 60.8 Å². The summed E-state index contributed by atoms with van der Waals surface area (Å²) in [5.74, 6) is 2.00. The van der Waals surface area contributed by atoms with Gasteiger partial charge in [-0.25, -0.2) is 0 Å². The fourth-order valence-corrected chi connectivity index (χ4v) is 5.81. The average Bonchev–Trinajstić information content (AvgIpc) is 2.47. The molecule has 0 bridgehead atoms. The summed E-state index contributed by atoms with van der Waals surface area (Å²) in [5.41, 5.74) is -2.89. The van der Waals surface area contributed by atoms with Gasteiger partial charge in [0.1, 0.15) is 0 Å². The summed E-state index contributed by atoms with van der Waals surface area (Å²) < 4.78 is 5.61. The van der Waals surface area contributed by atoms with Gasteiger partial charge in [-0.1, -0.05) is 78.0 Å². The first-order valence-corrected chi connectivity index (χ1v) is 12.8. The Kier molecular flexibility index (Phi) is 20.7. The molecule has 0 amide bonds. The van der Waals surface area contributed by atoms with Crippen molar-refractivity contribution in [3.05, 3.63) is 0 Å². The summed E-state index contributed by atoms with van der Waals surface area (Å²) in [6.45, 7) is 9.34. The van der Waals surface area contributed by atoms with Crippen LogP contribution in [0.2, 0.25) is 0 Å². The van der Waals surface area contributed by atoms with Crippen molar-refractivity contribution in [3.63, 3.8) is 0 Å². The molecule has 128 valence electrons. The molecule has 0 spiro atoms. The summed E-state index contributed by atoms with van der Waals surface area (Å²) in [6.07, 6.45) is 9.46. The first-order chi connectivity index (χ1) is 9.99. The van der Waals surface area contributed by atoms with E-state index in [9.17, 15) is 4.89 Å². The average molecular weight is 393 g/mol. The van der Waals surface area contributed by atoms with Gasteiger partial charge in [-0.15, -0.1) is 11.4 Å². The Balaban J connectivity index is 0. The van der Waals surface area contributed by atoms with E-state index in [0.29, 0.717) is 18.4 Å². The number of rotatable bonds is 14. The zero-order chi connectivity index (χ0) is 16.1. The molecular formula is C16H34KO2PS2. The van der Waals surface area contributed by atoms with Crippen LogP contribution in [0, 0.1) is 11.8 Å². The monoisotopic (exact) mass is 392 g/mol. The maximum atomic E-state index is 12.4. The summed E-state index contributed by atoms with van der Waals surface area (Å²) in [5, 5.41) is 0. The molecule has 0 fully saturated rings. The van der Waals surface area contributed by atoms with Crippen molar-refractivity contribution >= 4 is 28.9 Å². The van der Waals surface area contributed by atoms with E-state index in [2.05, 4.69) is 27.7 Å². The van der Waals surface area contributed by atoms with Gasteiger partial charge in [0.25, 0.3) is 0 Å². The molecule has 0 heterocycles. The molecule has 2 nitrogen and oxygen atoms in total. The van der Waals surface area contributed by atoms with Gasteiger partial charge in [-0.05, 0) is 24.7 Å². The molecule has 0 aliphatic heterocycles. The van der Waals surface area contributed by atoms with Crippen molar-refractivity contribution in [2.45, 2.75) is 79.1 Å². The molecule has 0 radical (unpaired) electrons. The Morgan fingerprint density at radius 3 is 1.95 bits per heavy atom. The van der Waals surface area contributed by atoms with Crippen molar-refractivity contribution in [1.29, 1.82) is 0 Å². The molecule has 0 aromatic rings. The molecule has 0 N–H and O–H groups in total. The second-order valence-corrected chi connectivity index (χ2v) is 12.0. The second kappa shape index (κ2) is 17.0. The molecule has 0 aromatic carbocycles. The number of unbranched alkanes of at least 4 members (excludes halogenated alkanes) is 2. The van der Waals surface area contributed by atoms with Crippen LogP contribution >= 0.6 is 17.1 Å². The zero-order valence-electron chi connectivity index (χ0n) is 15.3. The van der Waals surface area contributed by atoms with Crippen LogP contribution in [0.25, 0.3) is 0 Å². The summed E-state index contributed by atoms with van der Waals surface area (Å²) in [6, 6.07) is 0. The predicted molar refractivity (Wildman–Crippen MR) is 99.3 cm³/mol. The fraction of sp³-hybridized carbons (Fsp3) is 1.00. The summed E-state index contributed by atoms with van der Waals surface area (Å²) in [7, 11) is 0. The molecule has 0 aliphatic rings. The molecule has 6 heteroatoms. The third-order valence-electron chi connectivity index (χ3n) is 4.02. The smallest absolute Gasteiger partial charge is 0.793 e. The molecule has 0 rings (SSSR count). The maximum absolute atomic E-state index is 12.4. The van der Waals surface area contributed by atoms with Gasteiger partial charge in [0.05, 0.1) is 6.61 Å². The van der Waals surface area contributed by atoms with Crippen molar-refractivity contribution in [3.8, 4) is 0 Å². The molecule has 3 unspecified atom stereocenters. The van der Waals surface area contributed by atoms with Gasteiger partial charge in [0, 0.05) is 11.4 Å². The first-order valence-electron chi connectivity index (χ1n) is 8.59. The molecule has 0 saturated heterocycles. The largest absolute Gasteiger partial charge is 1.00 e. The van der Waals surface area contributed by atoms with E-state index >= 15 is 0 Å². The maximum Gasteiger partial charge on any atom is 1.00 e. The third-order valence-corrected chi connectivity index (χ3v) is 8.40. The van der Waals surface area contributed by atoms with E-state index in [0.717, 1.165) is 25.0 Å². The van der Waals surface area contributed by atoms with Gasteiger partial charge < -0.3 is 9.42 Å². The van der Waals surface area contributed by atoms with Crippen LogP contribution < -0.4 is 56.3 Å². The molecule has 0 aliphatic carbocycles. The van der Waals surface area contributed by atoms with Gasteiger partial charge >= 0.3 is 51.4 Å². The third kappa shape index (κ3) is 14.9. The molecular weight excluding hydrogens is 358 g/mol. The minimum Gasteiger partial charge on any atom is -0.793 e. The minimum atomic E-state index is -2.89. The van der Waals surface area contributed by atoms with Gasteiger partial charge in [-0.3, -0.25) is 0 Å². The van der Waals surface area contributed by atoms with E-state index in [1.54, 1.807) is 0 Å². The summed E-state index contributed by atoms with van der Waals surface area (Å²) >= 11 is 6.58. The SMILES string of the molecule is CCCCC(CC)COP([O-])(=S)SCC(CC)CCCC.[K+]. The Labute approximate surface area is 190 Å². The van der Waals surface area contributed by atoms with Crippen molar-refractivity contribution in [1.82, 2.24) is 0 Å². The second-order valence-electron chi connectivity index (χ2n) is 5.87. The van der Waals surface area contributed by atoms with Crippen LogP contribution in [0.5, 0.6) is 0 Å². The normalized spacial score (nSPS) is 16.6. The standard InChI is InChI=1S/C16H35O2PS2.K/c1-5-9-11-15(7-3)13-18-19(17,20)21-14-16(8-4)12-10-6-2;/h15-16H,5-14H2,1-4H3,(H,17,20);/q;+1/p-1. The Morgan fingerprint density at radius 1 is 1.00 bits per heavy atom. The van der Waals surface area contributed by atoms with Crippen LogP contribution in [0.15, 0.2) is 0 Å². The topological polar surface area (TPSA) is 32.3 Å². The fourth-order valence-electron chi connectivity index (χ4n) is 2.23. The minimum absolute atomic E-state index is 0. The van der Waals surface area contributed by atoms with E-state index in [-0.39, 0.29) is 51.4 Å². The Morgan fingerprint density at radius 2 is 1.50 bits per heavy atom. The van der Waals surface area contributed by atoms with Crippen LogP contribution in [-0.4, -0.2) is 12.4 Å². The first kappa shape index (κ1) is 26.8. The quantitative estimate of drug-likeness (QED) is 0.336.